The minimum absolute atomic E-state index is 0.0277. The number of unbranched alkanes of at least 4 members (excludes halogenated alkanes) is 2. The summed E-state index contributed by atoms with van der Waals surface area (Å²) in [7, 11) is 0. The van der Waals surface area contributed by atoms with Crippen LogP contribution < -0.4 is 10.3 Å². The van der Waals surface area contributed by atoms with Crippen LogP contribution in [0.5, 0.6) is 11.6 Å². The quantitative estimate of drug-likeness (QED) is 0.535. The van der Waals surface area contributed by atoms with Gasteiger partial charge in [0, 0.05) is 6.54 Å². The summed E-state index contributed by atoms with van der Waals surface area (Å²) in [5.41, 5.74) is 2.40. The van der Waals surface area contributed by atoms with Crippen molar-refractivity contribution in [2.45, 2.75) is 60.4 Å². The summed E-state index contributed by atoms with van der Waals surface area (Å²) >= 11 is 0. The second-order valence-corrected chi connectivity index (χ2v) is 7.41. The van der Waals surface area contributed by atoms with Gasteiger partial charge in [-0.3, -0.25) is 14.2 Å². The molecule has 1 aromatic heterocycles. The number of ether oxygens (including phenoxy) is 1. The number of hydrogen-bond acceptors (Lipinski definition) is 5. The fourth-order valence-corrected chi connectivity index (χ4v) is 3.62. The molecule has 0 fully saturated rings. The van der Waals surface area contributed by atoms with Gasteiger partial charge in [0.2, 0.25) is 11.7 Å². The van der Waals surface area contributed by atoms with Crippen molar-refractivity contribution in [1.29, 1.82) is 5.26 Å². The van der Waals surface area contributed by atoms with Gasteiger partial charge >= 0.3 is 0 Å². The maximum atomic E-state index is 12.9. The third-order valence-corrected chi connectivity index (χ3v) is 5.02. The monoisotopic (exact) mass is 396 g/mol. The van der Waals surface area contributed by atoms with Gasteiger partial charge in [-0.1, -0.05) is 37.5 Å². The van der Waals surface area contributed by atoms with Crippen molar-refractivity contribution < 1.29 is 14.6 Å². The van der Waals surface area contributed by atoms with Crippen LogP contribution in [0.15, 0.2) is 16.9 Å². The molecule has 1 N–H and O–H groups in total. The van der Waals surface area contributed by atoms with Gasteiger partial charge in [0.15, 0.2) is 6.61 Å². The van der Waals surface area contributed by atoms with Crippen LogP contribution in [0.3, 0.4) is 0 Å². The van der Waals surface area contributed by atoms with Crippen LogP contribution in [-0.2, 0) is 6.54 Å². The van der Waals surface area contributed by atoms with Gasteiger partial charge in [-0.15, -0.1) is 0 Å². The summed E-state index contributed by atoms with van der Waals surface area (Å²) in [5.74, 6) is -0.244. The highest BCUT2D eigenvalue weighted by Crippen LogP contribution is 2.26. The van der Waals surface area contributed by atoms with E-state index in [4.69, 9.17) is 4.74 Å². The largest absolute Gasteiger partial charge is 0.494 e. The molecule has 1 aromatic carbocycles. The van der Waals surface area contributed by atoms with Crippen molar-refractivity contribution in [1.82, 2.24) is 4.57 Å². The number of aryl methyl sites for hydroxylation is 3. The van der Waals surface area contributed by atoms with E-state index in [2.05, 4.69) is 0 Å². The normalized spacial score (nSPS) is 10.6. The Hall–Kier alpha value is -3.07. The molecule has 2 rings (SSSR count). The number of nitrogens with zero attached hydrogens (tertiary/aromatic N) is 2. The first-order valence-electron chi connectivity index (χ1n) is 9.83. The number of carbonyl (C=O) groups is 1. The lowest BCUT2D eigenvalue weighted by molar-refractivity contribution is 0.0915. The highest BCUT2D eigenvalue weighted by molar-refractivity contribution is 6.01. The van der Waals surface area contributed by atoms with E-state index >= 15 is 0 Å². The summed E-state index contributed by atoms with van der Waals surface area (Å²) in [5, 5.41) is 20.1. The Morgan fingerprint density at radius 3 is 2.34 bits per heavy atom. The lowest BCUT2D eigenvalue weighted by Gasteiger charge is -2.17. The van der Waals surface area contributed by atoms with Crippen molar-refractivity contribution in [2.24, 2.45) is 0 Å². The predicted octanol–water partition coefficient (Wildman–Crippen LogP) is 4.11. The molecule has 0 spiro atoms. The van der Waals surface area contributed by atoms with Gasteiger partial charge in [-0.25, -0.2) is 0 Å². The van der Waals surface area contributed by atoms with Crippen molar-refractivity contribution in [3.63, 3.8) is 0 Å². The second kappa shape index (κ2) is 9.42. The fraction of sp³-hybridized carbons (Fsp3) is 0.435. The molecule has 0 unspecified atom stereocenters. The van der Waals surface area contributed by atoms with E-state index in [1.54, 1.807) is 0 Å². The molecule has 0 radical (unpaired) electrons. The number of hydrogen-bond donors (Lipinski definition) is 1. The van der Waals surface area contributed by atoms with Crippen LogP contribution in [0.25, 0.3) is 0 Å². The van der Waals surface area contributed by atoms with Crippen molar-refractivity contribution in [3.8, 4) is 17.7 Å². The second-order valence-electron chi connectivity index (χ2n) is 7.41. The minimum atomic E-state index is -0.568. The van der Waals surface area contributed by atoms with Crippen molar-refractivity contribution >= 4 is 5.78 Å². The average molecular weight is 396 g/mol. The summed E-state index contributed by atoms with van der Waals surface area (Å²) < 4.78 is 6.88. The van der Waals surface area contributed by atoms with Crippen LogP contribution in [0.2, 0.25) is 0 Å². The Balaban J connectivity index is 2.40. The molecule has 0 amide bonds. The van der Waals surface area contributed by atoms with Crippen molar-refractivity contribution in [3.05, 3.63) is 55.9 Å². The number of nitriles is 1. The van der Waals surface area contributed by atoms with Crippen LogP contribution in [0, 0.1) is 39.0 Å². The Morgan fingerprint density at radius 2 is 1.79 bits per heavy atom. The lowest BCUT2D eigenvalue weighted by atomic mass is 10.0. The molecule has 0 bridgehead atoms. The first kappa shape index (κ1) is 22.2. The zero-order valence-corrected chi connectivity index (χ0v) is 17.8. The van der Waals surface area contributed by atoms with Gasteiger partial charge in [0.05, 0.1) is 5.56 Å². The van der Waals surface area contributed by atoms with E-state index in [-0.39, 0.29) is 29.8 Å². The number of pyridine rings is 1. The zero-order valence-electron chi connectivity index (χ0n) is 17.8. The third-order valence-electron chi connectivity index (χ3n) is 5.02. The van der Waals surface area contributed by atoms with Crippen LogP contribution in [-0.4, -0.2) is 22.1 Å². The molecule has 0 aliphatic rings. The number of ketones is 1. The maximum absolute atomic E-state index is 12.9. The number of aromatic nitrogens is 1. The smallest absolute Gasteiger partial charge is 0.271 e. The topological polar surface area (TPSA) is 92.3 Å². The van der Waals surface area contributed by atoms with Gasteiger partial charge in [0.1, 0.15) is 17.4 Å². The summed E-state index contributed by atoms with van der Waals surface area (Å²) in [6.07, 6.45) is 2.49. The van der Waals surface area contributed by atoms with Crippen molar-refractivity contribution in [2.75, 3.05) is 6.61 Å². The van der Waals surface area contributed by atoms with Crippen LogP contribution in [0.4, 0.5) is 0 Å². The van der Waals surface area contributed by atoms with Crippen LogP contribution in [0.1, 0.15) is 64.4 Å². The third kappa shape index (κ3) is 4.68. The molecule has 0 atom stereocenters. The molecule has 0 aliphatic heterocycles. The molecule has 154 valence electrons. The Morgan fingerprint density at radius 1 is 1.17 bits per heavy atom. The SMILES string of the molecule is CCCCCn1c(O)c(C(=O)COc2c(C)cc(C)cc2C)c(C)c(C#N)c1=O. The number of Topliss-reactive ketones (excluding diaryl/α,β-unsaturated/α-hetero) is 1. The van der Waals surface area contributed by atoms with Crippen LogP contribution >= 0.6 is 0 Å². The van der Waals surface area contributed by atoms with E-state index < -0.39 is 17.2 Å². The average Bonchev–Trinajstić information content (AvgIpc) is 2.64. The minimum Gasteiger partial charge on any atom is -0.494 e. The lowest BCUT2D eigenvalue weighted by Crippen LogP contribution is -2.28. The van der Waals surface area contributed by atoms with Gasteiger partial charge < -0.3 is 9.84 Å². The summed E-state index contributed by atoms with van der Waals surface area (Å²) in [4.78, 5) is 25.5. The Labute approximate surface area is 171 Å². The molecule has 6 heteroatoms. The summed E-state index contributed by atoms with van der Waals surface area (Å²) in [6, 6.07) is 5.82. The standard InChI is InChI=1S/C23H28N2O4/c1-6-7-8-9-25-22(27)18(12-24)17(5)20(23(25)28)19(26)13-29-21-15(3)10-14(2)11-16(21)4/h10-11,28H,6-9,13H2,1-5H3. The molecule has 1 heterocycles. The number of carbonyl (C=O) groups excluding carboxylic acids is 1. The maximum Gasteiger partial charge on any atom is 0.271 e. The van der Waals surface area contributed by atoms with E-state index in [0.717, 1.165) is 34.1 Å². The fourth-order valence-electron chi connectivity index (χ4n) is 3.62. The molecule has 2 aromatic rings. The van der Waals surface area contributed by atoms with Gasteiger partial charge in [0.25, 0.3) is 5.56 Å². The molecule has 29 heavy (non-hydrogen) atoms. The summed E-state index contributed by atoms with van der Waals surface area (Å²) in [6.45, 7) is 9.30. The van der Waals surface area contributed by atoms with E-state index in [1.165, 1.54) is 6.92 Å². The molecule has 0 saturated carbocycles. The molecule has 6 nitrogen and oxygen atoms in total. The first-order valence-corrected chi connectivity index (χ1v) is 9.83. The molecule has 0 saturated heterocycles. The molecular weight excluding hydrogens is 368 g/mol. The highest BCUT2D eigenvalue weighted by atomic mass is 16.5. The zero-order chi connectivity index (χ0) is 21.7. The van der Waals surface area contributed by atoms with E-state index in [9.17, 15) is 20.0 Å². The predicted molar refractivity (Wildman–Crippen MR) is 112 cm³/mol. The molecule has 0 aliphatic carbocycles. The Bertz CT molecular complexity index is 1010. The van der Waals surface area contributed by atoms with E-state index in [0.29, 0.717) is 12.2 Å². The number of benzene rings is 1. The number of aromatic hydroxyl groups is 1. The number of rotatable bonds is 8. The van der Waals surface area contributed by atoms with Gasteiger partial charge in [-0.2, -0.15) is 5.26 Å². The van der Waals surface area contributed by atoms with E-state index in [1.807, 2.05) is 45.9 Å². The Kier molecular flexibility index (Phi) is 7.22. The molecular formula is C23H28N2O4. The first-order chi connectivity index (χ1) is 13.7. The van der Waals surface area contributed by atoms with Gasteiger partial charge in [-0.05, 0) is 50.8 Å². The highest BCUT2D eigenvalue weighted by Gasteiger charge is 2.24.